The van der Waals surface area contributed by atoms with Crippen molar-refractivity contribution in [2.45, 2.75) is 6.92 Å². The van der Waals surface area contributed by atoms with Crippen LogP contribution < -0.4 is 30.2 Å². The van der Waals surface area contributed by atoms with Crippen LogP contribution in [-0.4, -0.2) is 38.3 Å². The summed E-state index contributed by atoms with van der Waals surface area (Å²) >= 11 is 5.31. The second kappa shape index (κ2) is 11.2. The fourth-order valence-electron chi connectivity index (χ4n) is 3.17. The molecule has 3 N–H and O–H groups in total. The fourth-order valence-corrected chi connectivity index (χ4v) is 3.38. The van der Waals surface area contributed by atoms with Gasteiger partial charge in [0, 0.05) is 22.5 Å². The molecule has 8 nitrogen and oxygen atoms in total. The summed E-state index contributed by atoms with van der Waals surface area (Å²) < 4.78 is 15.9. The summed E-state index contributed by atoms with van der Waals surface area (Å²) in [7, 11) is 4.42. The van der Waals surface area contributed by atoms with E-state index in [9.17, 15) is 9.59 Å². The van der Waals surface area contributed by atoms with Crippen LogP contribution in [-0.2, 0) is 0 Å². The first-order valence-corrected chi connectivity index (χ1v) is 10.7. The molecule has 0 aliphatic carbocycles. The number of carbonyl (C=O) groups is 2. The van der Waals surface area contributed by atoms with E-state index in [1.54, 1.807) is 36.4 Å². The van der Waals surface area contributed by atoms with Gasteiger partial charge in [-0.25, -0.2) is 0 Å². The molecule has 0 bridgehead atoms. The number of aryl methyl sites for hydroxylation is 1. The van der Waals surface area contributed by atoms with Gasteiger partial charge < -0.3 is 24.8 Å². The van der Waals surface area contributed by atoms with Gasteiger partial charge in [0.25, 0.3) is 11.8 Å². The van der Waals surface area contributed by atoms with Gasteiger partial charge >= 0.3 is 0 Å². The first kappa shape index (κ1) is 24.5. The highest BCUT2D eigenvalue weighted by Crippen LogP contribution is 2.38. The number of hydrogen-bond donors (Lipinski definition) is 3. The Morgan fingerprint density at radius 1 is 0.765 bits per heavy atom. The molecule has 3 aromatic carbocycles. The van der Waals surface area contributed by atoms with E-state index in [1.807, 2.05) is 19.1 Å². The van der Waals surface area contributed by atoms with Gasteiger partial charge in [-0.15, -0.1) is 0 Å². The molecule has 176 valence electrons. The number of nitrogens with one attached hydrogen (secondary N) is 3. The Balaban J connectivity index is 1.71. The smallest absolute Gasteiger partial charge is 0.257 e. The van der Waals surface area contributed by atoms with Crippen LogP contribution in [0.1, 0.15) is 26.3 Å². The molecule has 0 fully saturated rings. The topological polar surface area (TPSA) is 97.9 Å². The highest BCUT2D eigenvalue weighted by Gasteiger charge is 2.18. The summed E-state index contributed by atoms with van der Waals surface area (Å²) in [6, 6.07) is 17.4. The lowest BCUT2D eigenvalue weighted by atomic mass is 10.1. The molecule has 3 aromatic rings. The maximum Gasteiger partial charge on any atom is 0.257 e. The minimum atomic E-state index is -0.457. The number of hydrogen-bond acceptors (Lipinski definition) is 6. The zero-order valence-electron chi connectivity index (χ0n) is 19.2. The normalized spacial score (nSPS) is 10.1. The van der Waals surface area contributed by atoms with Crippen LogP contribution in [0.5, 0.6) is 17.2 Å². The van der Waals surface area contributed by atoms with Gasteiger partial charge in [-0.05, 0) is 61.1 Å². The van der Waals surface area contributed by atoms with Gasteiger partial charge in [0.05, 0.1) is 21.3 Å². The van der Waals surface area contributed by atoms with E-state index in [4.69, 9.17) is 26.4 Å². The maximum atomic E-state index is 12.8. The van der Waals surface area contributed by atoms with E-state index >= 15 is 0 Å². The molecule has 0 saturated carbocycles. The average molecular weight is 480 g/mol. The van der Waals surface area contributed by atoms with Gasteiger partial charge in [-0.2, -0.15) is 0 Å². The van der Waals surface area contributed by atoms with Gasteiger partial charge in [0.1, 0.15) is 0 Å². The molecule has 0 unspecified atom stereocenters. The van der Waals surface area contributed by atoms with Crippen LogP contribution in [0.3, 0.4) is 0 Å². The van der Waals surface area contributed by atoms with Gasteiger partial charge in [0.2, 0.25) is 5.75 Å². The largest absolute Gasteiger partial charge is 0.493 e. The second-order valence-corrected chi connectivity index (χ2v) is 7.58. The third kappa shape index (κ3) is 5.81. The van der Waals surface area contributed by atoms with E-state index in [-0.39, 0.29) is 16.6 Å². The van der Waals surface area contributed by atoms with Crippen LogP contribution in [0, 0.1) is 6.92 Å². The predicted molar refractivity (Wildman–Crippen MR) is 135 cm³/mol. The Morgan fingerprint density at radius 3 is 2.00 bits per heavy atom. The molecule has 0 aromatic heterocycles. The summed E-state index contributed by atoms with van der Waals surface area (Å²) in [4.78, 5) is 25.3. The minimum Gasteiger partial charge on any atom is -0.493 e. The minimum absolute atomic E-state index is 0.0861. The van der Waals surface area contributed by atoms with Crippen molar-refractivity contribution < 1.29 is 23.8 Å². The van der Waals surface area contributed by atoms with E-state index in [0.717, 1.165) is 5.56 Å². The number of rotatable bonds is 7. The molecule has 0 radical (unpaired) electrons. The molecular formula is C25H25N3O5S. The molecule has 0 spiro atoms. The van der Waals surface area contributed by atoms with Crippen LogP contribution in [0.25, 0.3) is 0 Å². The Labute approximate surface area is 203 Å². The first-order valence-electron chi connectivity index (χ1n) is 10.3. The third-order valence-corrected chi connectivity index (χ3v) is 5.14. The SMILES string of the molecule is COc1cc(C(=O)NC(=S)Nc2ccc(C)c(NC(=O)c3ccccc3)c2)cc(OC)c1OC. The van der Waals surface area contributed by atoms with E-state index in [2.05, 4.69) is 16.0 Å². The fraction of sp³-hybridized carbons (Fsp3) is 0.160. The second-order valence-electron chi connectivity index (χ2n) is 7.17. The predicted octanol–water partition coefficient (Wildman–Crippen LogP) is 4.40. The summed E-state index contributed by atoms with van der Waals surface area (Å²) in [5.41, 5.74) is 2.93. The molecule has 3 rings (SSSR count). The molecule has 0 aliphatic rings. The van der Waals surface area contributed by atoms with Crippen molar-refractivity contribution in [2.24, 2.45) is 0 Å². The lowest BCUT2D eigenvalue weighted by Gasteiger charge is -2.15. The first-order chi connectivity index (χ1) is 16.4. The summed E-state index contributed by atoms with van der Waals surface area (Å²) in [5.74, 6) is 0.402. The van der Waals surface area contributed by atoms with Gasteiger partial charge in [-0.3, -0.25) is 14.9 Å². The van der Waals surface area contributed by atoms with Crippen LogP contribution in [0.15, 0.2) is 60.7 Å². The average Bonchev–Trinajstić information content (AvgIpc) is 2.85. The van der Waals surface area contributed by atoms with Crippen LogP contribution in [0.4, 0.5) is 11.4 Å². The standard InChI is InChI=1S/C25H25N3O5S/c1-15-10-11-18(14-19(15)27-23(29)16-8-6-5-7-9-16)26-25(34)28-24(30)17-12-20(31-2)22(33-4)21(13-17)32-3/h5-14H,1-4H3,(H,27,29)(H2,26,28,30,34). The Bertz CT molecular complexity index is 1190. The zero-order chi connectivity index (χ0) is 24.7. The number of ether oxygens (including phenoxy) is 3. The molecular weight excluding hydrogens is 454 g/mol. The Hall–Kier alpha value is -4.11. The van der Waals surface area contributed by atoms with Crippen molar-refractivity contribution in [2.75, 3.05) is 32.0 Å². The maximum absolute atomic E-state index is 12.8. The van der Waals surface area contributed by atoms with E-state index in [1.165, 1.54) is 33.5 Å². The van der Waals surface area contributed by atoms with Gasteiger partial charge in [0.15, 0.2) is 16.6 Å². The molecule has 34 heavy (non-hydrogen) atoms. The third-order valence-electron chi connectivity index (χ3n) is 4.93. The highest BCUT2D eigenvalue weighted by atomic mass is 32.1. The van der Waals surface area contributed by atoms with Gasteiger partial charge in [-0.1, -0.05) is 24.3 Å². The number of thiocarbonyl (C=S) groups is 1. The number of anilines is 2. The molecule has 0 atom stereocenters. The monoisotopic (exact) mass is 479 g/mol. The lowest BCUT2D eigenvalue weighted by Crippen LogP contribution is -2.34. The van der Waals surface area contributed by atoms with Crippen LogP contribution in [0.2, 0.25) is 0 Å². The van der Waals surface area contributed by atoms with E-state index < -0.39 is 5.91 Å². The number of carbonyl (C=O) groups excluding carboxylic acids is 2. The van der Waals surface area contributed by atoms with Crippen molar-refractivity contribution in [1.82, 2.24) is 5.32 Å². The van der Waals surface area contributed by atoms with Crippen molar-refractivity contribution in [3.8, 4) is 17.2 Å². The zero-order valence-corrected chi connectivity index (χ0v) is 20.0. The highest BCUT2D eigenvalue weighted by molar-refractivity contribution is 7.80. The Morgan fingerprint density at radius 2 is 1.41 bits per heavy atom. The number of benzene rings is 3. The van der Waals surface area contributed by atoms with Crippen molar-refractivity contribution >= 4 is 40.5 Å². The quantitative estimate of drug-likeness (QED) is 0.432. The number of methoxy groups -OCH3 is 3. The summed E-state index contributed by atoms with van der Waals surface area (Å²) in [5, 5.41) is 8.57. The van der Waals surface area contributed by atoms with Crippen molar-refractivity contribution in [3.63, 3.8) is 0 Å². The number of amides is 2. The molecule has 2 amide bonds. The van der Waals surface area contributed by atoms with Crippen LogP contribution >= 0.6 is 12.2 Å². The molecule has 0 saturated heterocycles. The van der Waals surface area contributed by atoms with Crippen molar-refractivity contribution in [1.29, 1.82) is 0 Å². The molecule has 9 heteroatoms. The van der Waals surface area contributed by atoms with E-state index in [0.29, 0.717) is 34.2 Å². The summed E-state index contributed by atoms with van der Waals surface area (Å²) in [6.45, 7) is 1.88. The lowest BCUT2D eigenvalue weighted by molar-refractivity contribution is 0.0975. The molecule has 0 heterocycles. The van der Waals surface area contributed by atoms with Crippen molar-refractivity contribution in [3.05, 3.63) is 77.4 Å². The Kier molecular flexibility index (Phi) is 8.05. The molecule has 0 aliphatic heterocycles. The summed E-state index contributed by atoms with van der Waals surface area (Å²) in [6.07, 6.45) is 0.